The second-order valence-electron chi connectivity index (χ2n) is 4.73. The van der Waals surface area contributed by atoms with E-state index in [2.05, 4.69) is 37.8 Å². The van der Waals surface area contributed by atoms with E-state index in [1.54, 1.807) is 0 Å². The number of benzene rings is 1. The number of aryl methyl sites for hydroxylation is 3. The molecule has 2 nitrogen and oxygen atoms in total. The number of thioether (sulfide) groups is 1. The molecule has 0 unspecified atom stereocenters. The number of nitrogens with zero attached hydrogens (tertiary/aromatic N) is 1. The second-order valence-corrected chi connectivity index (χ2v) is 5.69. The van der Waals surface area contributed by atoms with E-state index in [0.717, 1.165) is 32.2 Å². The molecule has 0 bridgehead atoms. The van der Waals surface area contributed by atoms with Crippen molar-refractivity contribution >= 4 is 11.8 Å². The summed E-state index contributed by atoms with van der Waals surface area (Å²) in [5.41, 5.74) is 4.16. The zero-order chi connectivity index (χ0) is 12.3. The van der Waals surface area contributed by atoms with Crippen LogP contribution in [-0.4, -0.2) is 37.1 Å². The fourth-order valence-corrected chi connectivity index (χ4v) is 3.42. The Morgan fingerprint density at radius 2 is 1.71 bits per heavy atom. The van der Waals surface area contributed by atoms with Crippen LogP contribution in [0.4, 0.5) is 0 Å². The van der Waals surface area contributed by atoms with E-state index in [-0.39, 0.29) is 0 Å². The smallest absolute Gasteiger partial charge is 0.0594 e. The van der Waals surface area contributed by atoms with Crippen LogP contribution in [0.1, 0.15) is 16.7 Å². The van der Waals surface area contributed by atoms with E-state index in [0.29, 0.717) is 0 Å². The second kappa shape index (κ2) is 5.89. The Morgan fingerprint density at radius 1 is 1.12 bits per heavy atom. The van der Waals surface area contributed by atoms with Crippen LogP contribution in [0.25, 0.3) is 0 Å². The van der Waals surface area contributed by atoms with Crippen molar-refractivity contribution < 1.29 is 4.74 Å². The highest BCUT2D eigenvalue weighted by Crippen LogP contribution is 2.28. The SMILES string of the molecule is Cc1cc(C)c(SCN2CCOCC2)c(C)c1. The van der Waals surface area contributed by atoms with Crippen LogP contribution in [0, 0.1) is 20.8 Å². The van der Waals surface area contributed by atoms with Crippen molar-refractivity contribution in [1.82, 2.24) is 4.90 Å². The number of ether oxygens (including phenoxy) is 1. The highest BCUT2D eigenvalue weighted by molar-refractivity contribution is 7.99. The van der Waals surface area contributed by atoms with E-state index in [1.807, 2.05) is 11.8 Å². The van der Waals surface area contributed by atoms with Gasteiger partial charge in [0.15, 0.2) is 0 Å². The topological polar surface area (TPSA) is 12.5 Å². The minimum absolute atomic E-state index is 0.881. The van der Waals surface area contributed by atoms with E-state index in [9.17, 15) is 0 Å². The lowest BCUT2D eigenvalue weighted by molar-refractivity contribution is 0.0474. The summed E-state index contributed by atoms with van der Waals surface area (Å²) >= 11 is 1.96. The summed E-state index contributed by atoms with van der Waals surface area (Å²) in [5, 5.41) is 0. The third-order valence-corrected chi connectivity index (χ3v) is 4.53. The molecule has 1 aromatic rings. The van der Waals surface area contributed by atoms with Crippen molar-refractivity contribution in [3.05, 3.63) is 28.8 Å². The maximum atomic E-state index is 5.36. The molecule has 0 spiro atoms. The first kappa shape index (κ1) is 12.9. The maximum absolute atomic E-state index is 5.36. The summed E-state index contributed by atoms with van der Waals surface area (Å²) in [6.45, 7) is 10.5. The Labute approximate surface area is 108 Å². The third kappa shape index (κ3) is 3.47. The monoisotopic (exact) mass is 251 g/mol. The number of hydrogen-bond acceptors (Lipinski definition) is 3. The lowest BCUT2D eigenvalue weighted by Crippen LogP contribution is -2.35. The minimum atomic E-state index is 0.881. The van der Waals surface area contributed by atoms with Gasteiger partial charge in [0.1, 0.15) is 0 Å². The number of morpholine rings is 1. The Bertz CT molecular complexity index is 363. The van der Waals surface area contributed by atoms with Gasteiger partial charge in [-0.1, -0.05) is 17.7 Å². The predicted octanol–water partition coefficient (Wildman–Crippen LogP) is 2.99. The number of hydrogen-bond donors (Lipinski definition) is 0. The molecule has 1 aromatic carbocycles. The third-order valence-electron chi connectivity index (χ3n) is 3.10. The van der Waals surface area contributed by atoms with Crippen molar-refractivity contribution in [2.45, 2.75) is 25.7 Å². The van der Waals surface area contributed by atoms with E-state index < -0.39 is 0 Å². The fraction of sp³-hybridized carbons (Fsp3) is 0.571. The van der Waals surface area contributed by atoms with Gasteiger partial charge in [-0.05, 0) is 31.9 Å². The molecule has 0 atom stereocenters. The fourth-order valence-electron chi connectivity index (χ4n) is 2.28. The largest absolute Gasteiger partial charge is 0.379 e. The molecular weight excluding hydrogens is 230 g/mol. The zero-order valence-electron chi connectivity index (χ0n) is 11.0. The van der Waals surface area contributed by atoms with Gasteiger partial charge in [0.05, 0.1) is 13.2 Å². The summed E-state index contributed by atoms with van der Waals surface area (Å²) in [4.78, 5) is 3.91. The van der Waals surface area contributed by atoms with E-state index in [1.165, 1.54) is 21.6 Å². The predicted molar refractivity (Wildman–Crippen MR) is 73.8 cm³/mol. The van der Waals surface area contributed by atoms with Crippen LogP contribution in [0.5, 0.6) is 0 Å². The molecule has 0 aliphatic carbocycles. The molecule has 1 aliphatic heterocycles. The van der Waals surface area contributed by atoms with Gasteiger partial charge >= 0.3 is 0 Å². The summed E-state index contributed by atoms with van der Waals surface area (Å²) in [6.07, 6.45) is 0. The van der Waals surface area contributed by atoms with Crippen LogP contribution in [0.2, 0.25) is 0 Å². The zero-order valence-corrected chi connectivity index (χ0v) is 11.8. The molecule has 0 N–H and O–H groups in total. The molecule has 1 aliphatic rings. The summed E-state index contributed by atoms with van der Waals surface area (Å²) in [5.74, 6) is 1.08. The van der Waals surface area contributed by atoms with Crippen molar-refractivity contribution in [2.24, 2.45) is 0 Å². The lowest BCUT2D eigenvalue weighted by Gasteiger charge is -2.26. The van der Waals surface area contributed by atoms with Gasteiger partial charge in [-0.3, -0.25) is 4.90 Å². The van der Waals surface area contributed by atoms with Crippen molar-refractivity contribution in [1.29, 1.82) is 0 Å². The Balaban J connectivity index is 1.98. The summed E-state index contributed by atoms with van der Waals surface area (Å²) in [6, 6.07) is 4.54. The van der Waals surface area contributed by atoms with Crippen LogP contribution in [0.15, 0.2) is 17.0 Å². The highest BCUT2D eigenvalue weighted by atomic mass is 32.2. The van der Waals surface area contributed by atoms with E-state index in [4.69, 9.17) is 4.74 Å². The van der Waals surface area contributed by atoms with Crippen LogP contribution in [-0.2, 0) is 4.74 Å². The molecule has 94 valence electrons. The van der Waals surface area contributed by atoms with Crippen molar-refractivity contribution in [3.63, 3.8) is 0 Å². The van der Waals surface area contributed by atoms with Crippen LogP contribution >= 0.6 is 11.8 Å². The van der Waals surface area contributed by atoms with Gasteiger partial charge < -0.3 is 4.74 Å². The molecule has 0 radical (unpaired) electrons. The average molecular weight is 251 g/mol. The standard InChI is InChI=1S/C14H21NOS/c1-11-8-12(2)14(13(3)9-11)17-10-15-4-6-16-7-5-15/h8-9H,4-7,10H2,1-3H3. The van der Waals surface area contributed by atoms with Crippen LogP contribution in [0.3, 0.4) is 0 Å². The molecule has 3 heteroatoms. The molecule has 0 amide bonds. The Hall–Kier alpha value is -0.510. The molecule has 1 heterocycles. The highest BCUT2D eigenvalue weighted by Gasteiger charge is 2.12. The number of rotatable bonds is 3. The molecular formula is C14H21NOS. The molecule has 17 heavy (non-hydrogen) atoms. The Kier molecular flexibility index (Phi) is 4.48. The molecule has 0 aromatic heterocycles. The first-order valence-electron chi connectivity index (χ1n) is 6.17. The van der Waals surface area contributed by atoms with Crippen molar-refractivity contribution in [2.75, 3.05) is 32.2 Å². The van der Waals surface area contributed by atoms with Gasteiger partial charge in [0.25, 0.3) is 0 Å². The molecule has 2 rings (SSSR count). The van der Waals surface area contributed by atoms with Gasteiger partial charge in [0, 0.05) is 23.9 Å². The van der Waals surface area contributed by atoms with Crippen LogP contribution < -0.4 is 0 Å². The first-order valence-corrected chi connectivity index (χ1v) is 7.16. The Morgan fingerprint density at radius 3 is 2.29 bits per heavy atom. The summed E-state index contributed by atoms with van der Waals surface area (Å²) < 4.78 is 5.36. The minimum Gasteiger partial charge on any atom is -0.379 e. The van der Waals surface area contributed by atoms with Gasteiger partial charge in [-0.25, -0.2) is 0 Å². The van der Waals surface area contributed by atoms with Crippen molar-refractivity contribution in [3.8, 4) is 0 Å². The van der Waals surface area contributed by atoms with Gasteiger partial charge in [-0.15, -0.1) is 11.8 Å². The molecule has 0 saturated carbocycles. The lowest BCUT2D eigenvalue weighted by atomic mass is 10.1. The van der Waals surface area contributed by atoms with Gasteiger partial charge in [0.2, 0.25) is 0 Å². The average Bonchev–Trinajstić information content (AvgIpc) is 2.29. The molecule has 1 fully saturated rings. The molecule has 1 saturated heterocycles. The summed E-state index contributed by atoms with van der Waals surface area (Å²) in [7, 11) is 0. The first-order chi connectivity index (χ1) is 8.16. The maximum Gasteiger partial charge on any atom is 0.0594 e. The van der Waals surface area contributed by atoms with E-state index >= 15 is 0 Å². The normalized spacial score (nSPS) is 17.4. The quantitative estimate of drug-likeness (QED) is 0.766. The van der Waals surface area contributed by atoms with Gasteiger partial charge in [-0.2, -0.15) is 0 Å².